The summed E-state index contributed by atoms with van der Waals surface area (Å²) in [6.07, 6.45) is 14.3. The summed E-state index contributed by atoms with van der Waals surface area (Å²) in [6, 6.07) is 4.03. The molecule has 1 aliphatic heterocycles. The quantitative estimate of drug-likeness (QED) is 0.342. The summed E-state index contributed by atoms with van der Waals surface area (Å²) in [7, 11) is 1.70. The van der Waals surface area contributed by atoms with Crippen molar-refractivity contribution in [3.8, 4) is 0 Å². The average molecular weight is 494 g/mol. The Morgan fingerprint density at radius 3 is 2.79 bits per heavy atom. The maximum absolute atomic E-state index is 13.3. The fourth-order valence-corrected chi connectivity index (χ4v) is 5.75. The number of piperidine rings is 1. The number of hydrogen-bond acceptors (Lipinski definition) is 4. The highest BCUT2D eigenvalue weighted by molar-refractivity contribution is 6.30. The van der Waals surface area contributed by atoms with Crippen LogP contribution >= 0.6 is 11.6 Å². The van der Waals surface area contributed by atoms with E-state index >= 15 is 0 Å². The zero-order chi connectivity index (χ0) is 24.2. The fourth-order valence-electron chi connectivity index (χ4n) is 5.58. The van der Waals surface area contributed by atoms with Crippen molar-refractivity contribution < 1.29 is 14.3 Å². The molecule has 0 radical (unpaired) electrons. The van der Waals surface area contributed by atoms with E-state index in [0.29, 0.717) is 24.8 Å². The van der Waals surface area contributed by atoms with Crippen LogP contribution in [0.4, 0.5) is 4.79 Å². The van der Waals surface area contributed by atoms with Crippen LogP contribution < -0.4 is 5.32 Å². The van der Waals surface area contributed by atoms with Gasteiger partial charge in [-0.05, 0) is 50.2 Å². The maximum Gasteiger partial charge on any atom is 0.317 e. The van der Waals surface area contributed by atoms with Crippen LogP contribution in [0.3, 0.4) is 0 Å². The van der Waals surface area contributed by atoms with Crippen LogP contribution in [-0.2, 0) is 9.47 Å². The molecule has 0 unspecified atom stereocenters. The van der Waals surface area contributed by atoms with E-state index in [1.165, 1.54) is 32.1 Å². The van der Waals surface area contributed by atoms with E-state index in [0.717, 1.165) is 56.7 Å². The van der Waals surface area contributed by atoms with Gasteiger partial charge in [0.15, 0.2) is 0 Å². The Morgan fingerprint density at radius 1 is 1.24 bits per heavy atom. The van der Waals surface area contributed by atoms with Crippen molar-refractivity contribution in [2.45, 2.75) is 89.7 Å². The van der Waals surface area contributed by atoms with Crippen molar-refractivity contribution in [3.63, 3.8) is 0 Å². The van der Waals surface area contributed by atoms with E-state index < -0.39 is 0 Å². The van der Waals surface area contributed by atoms with E-state index in [1.54, 1.807) is 19.4 Å². The molecule has 2 heterocycles. The number of ether oxygens (including phenoxy) is 2. The molecule has 1 saturated carbocycles. The summed E-state index contributed by atoms with van der Waals surface area (Å²) in [5.41, 5.74) is 0.846. The lowest BCUT2D eigenvalue weighted by atomic mass is 9.84. The number of urea groups is 1. The summed E-state index contributed by atoms with van der Waals surface area (Å²) in [4.78, 5) is 19.9. The molecule has 3 rings (SSSR count). The summed E-state index contributed by atoms with van der Waals surface area (Å²) in [5, 5.41) is 4.05. The number of hydrogen-bond donors (Lipinski definition) is 1. The van der Waals surface area contributed by atoms with Crippen molar-refractivity contribution in [1.82, 2.24) is 15.2 Å². The number of methoxy groups -OCH3 is 1. The molecule has 1 aromatic heterocycles. The van der Waals surface area contributed by atoms with Gasteiger partial charge in [-0.3, -0.25) is 4.98 Å². The van der Waals surface area contributed by atoms with Gasteiger partial charge in [-0.2, -0.15) is 0 Å². The third-order valence-electron chi connectivity index (χ3n) is 7.31. The molecule has 1 aromatic rings. The van der Waals surface area contributed by atoms with Crippen molar-refractivity contribution in [2.24, 2.45) is 11.8 Å². The molecule has 192 valence electrons. The number of amides is 2. The molecule has 2 amide bonds. The minimum Gasteiger partial charge on any atom is -0.385 e. The van der Waals surface area contributed by atoms with Crippen LogP contribution in [-0.4, -0.2) is 55.4 Å². The summed E-state index contributed by atoms with van der Waals surface area (Å²) >= 11 is 6.27. The average Bonchev–Trinajstić information content (AvgIpc) is 2.85. The molecule has 1 saturated heterocycles. The molecule has 1 aliphatic carbocycles. The second-order valence-electron chi connectivity index (χ2n) is 10.1. The van der Waals surface area contributed by atoms with E-state index in [4.69, 9.17) is 21.1 Å². The second-order valence-corrected chi connectivity index (χ2v) is 10.5. The standard InChI is InChI=1S/C27H44ClN3O3/c1-3-9-24(18-21-10-5-4-6-11-21)30-27(32)31-15-7-12-22(20-31)26(34-17-8-16-33-2)25-19-23(28)13-14-29-25/h13-14,19,21-22,24,26H,3-12,15-18,20H2,1-2H3,(H,30,32)/t22-,24-,26-/m1/s1. The molecule has 6 nitrogen and oxygen atoms in total. The predicted octanol–water partition coefficient (Wildman–Crippen LogP) is 6.39. The van der Waals surface area contributed by atoms with Gasteiger partial charge in [0.1, 0.15) is 6.10 Å². The van der Waals surface area contributed by atoms with Crippen molar-refractivity contribution in [2.75, 3.05) is 33.4 Å². The van der Waals surface area contributed by atoms with Crippen molar-refractivity contribution in [3.05, 3.63) is 29.0 Å². The molecule has 2 aliphatic rings. The highest BCUT2D eigenvalue weighted by Gasteiger charge is 2.33. The lowest BCUT2D eigenvalue weighted by molar-refractivity contribution is -0.0191. The zero-order valence-electron chi connectivity index (χ0n) is 21.1. The highest BCUT2D eigenvalue weighted by Crippen LogP contribution is 2.33. The van der Waals surface area contributed by atoms with Crippen LogP contribution in [0.2, 0.25) is 5.02 Å². The Hall–Kier alpha value is -1.37. The molecule has 0 aromatic carbocycles. The number of aromatic nitrogens is 1. The largest absolute Gasteiger partial charge is 0.385 e. The molecular weight excluding hydrogens is 450 g/mol. The van der Waals surface area contributed by atoms with E-state index in [9.17, 15) is 4.79 Å². The molecule has 34 heavy (non-hydrogen) atoms. The molecule has 0 bridgehead atoms. The number of pyridine rings is 1. The topological polar surface area (TPSA) is 63.7 Å². The number of carbonyl (C=O) groups excluding carboxylic acids is 1. The Bertz CT molecular complexity index is 729. The number of carbonyl (C=O) groups is 1. The molecule has 0 spiro atoms. The number of rotatable bonds is 12. The lowest BCUT2D eigenvalue weighted by Gasteiger charge is -2.37. The maximum atomic E-state index is 13.3. The molecule has 2 fully saturated rings. The Kier molecular flexibility index (Phi) is 11.9. The fraction of sp³-hybridized carbons (Fsp3) is 0.778. The van der Waals surface area contributed by atoms with Gasteiger partial charge in [0.25, 0.3) is 0 Å². The van der Waals surface area contributed by atoms with Crippen LogP contribution in [0, 0.1) is 11.8 Å². The third kappa shape index (κ3) is 8.69. The van der Waals surface area contributed by atoms with Crippen LogP contribution in [0.25, 0.3) is 0 Å². The minimum absolute atomic E-state index is 0.0798. The Morgan fingerprint density at radius 2 is 2.06 bits per heavy atom. The molecule has 1 N–H and O–H groups in total. The van der Waals surface area contributed by atoms with E-state index in [2.05, 4.69) is 17.2 Å². The summed E-state index contributed by atoms with van der Waals surface area (Å²) in [6.45, 7) is 4.94. The SMILES string of the molecule is CCC[C@H](CC1CCCCC1)NC(=O)N1CCC[C@@H]([C@@H](OCCCOC)c2cc(Cl)ccn2)C1. The number of nitrogens with zero attached hydrogens (tertiary/aromatic N) is 2. The molecular formula is C27H44ClN3O3. The normalized spacial score (nSPS) is 21.3. The number of halogens is 1. The second kappa shape index (κ2) is 14.9. The lowest BCUT2D eigenvalue weighted by Crippen LogP contribution is -2.50. The van der Waals surface area contributed by atoms with Gasteiger partial charge in [-0.1, -0.05) is 57.0 Å². The van der Waals surface area contributed by atoms with E-state index in [1.807, 2.05) is 11.0 Å². The minimum atomic E-state index is -0.181. The van der Waals surface area contributed by atoms with Gasteiger partial charge in [-0.15, -0.1) is 0 Å². The van der Waals surface area contributed by atoms with E-state index in [-0.39, 0.29) is 24.1 Å². The number of nitrogens with one attached hydrogen (secondary N) is 1. The predicted molar refractivity (Wildman–Crippen MR) is 137 cm³/mol. The first-order valence-electron chi connectivity index (χ1n) is 13.4. The van der Waals surface area contributed by atoms with Gasteiger partial charge in [0.05, 0.1) is 5.69 Å². The monoisotopic (exact) mass is 493 g/mol. The number of likely N-dealkylation sites (tertiary alicyclic amines) is 1. The van der Waals surface area contributed by atoms with Crippen molar-refractivity contribution >= 4 is 17.6 Å². The summed E-state index contributed by atoms with van der Waals surface area (Å²) < 4.78 is 11.5. The van der Waals surface area contributed by atoms with Crippen molar-refractivity contribution in [1.29, 1.82) is 0 Å². The first kappa shape index (κ1) is 27.2. The van der Waals surface area contributed by atoms with Gasteiger partial charge < -0.3 is 19.7 Å². The Balaban J connectivity index is 1.62. The highest BCUT2D eigenvalue weighted by atomic mass is 35.5. The van der Waals surface area contributed by atoms with Crippen LogP contribution in [0.5, 0.6) is 0 Å². The first-order valence-corrected chi connectivity index (χ1v) is 13.8. The van der Waals surface area contributed by atoms with Crippen LogP contribution in [0.15, 0.2) is 18.3 Å². The Labute approximate surface area is 211 Å². The zero-order valence-corrected chi connectivity index (χ0v) is 21.9. The van der Waals surface area contributed by atoms with Gasteiger partial charge in [0.2, 0.25) is 0 Å². The molecule has 7 heteroatoms. The third-order valence-corrected chi connectivity index (χ3v) is 7.54. The van der Waals surface area contributed by atoms with Gasteiger partial charge >= 0.3 is 6.03 Å². The van der Waals surface area contributed by atoms with Gasteiger partial charge in [-0.25, -0.2) is 4.79 Å². The smallest absolute Gasteiger partial charge is 0.317 e. The molecule has 3 atom stereocenters. The summed E-state index contributed by atoms with van der Waals surface area (Å²) in [5.74, 6) is 0.953. The first-order chi connectivity index (χ1) is 16.6. The van der Waals surface area contributed by atoms with Crippen LogP contribution in [0.1, 0.15) is 89.4 Å². The van der Waals surface area contributed by atoms with Gasteiger partial charge in [0, 0.05) is 56.6 Å².